The third-order valence-corrected chi connectivity index (χ3v) is 7.44. The zero-order chi connectivity index (χ0) is 20.9. The van der Waals surface area contributed by atoms with E-state index in [4.69, 9.17) is 0 Å². The largest absolute Gasteiger partial charge is 0.326 e. The van der Waals surface area contributed by atoms with Crippen molar-refractivity contribution in [3.8, 4) is 11.1 Å². The summed E-state index contributed by atoms with van der Waals surface area (Å²) < 4.78 is 26.2. The fraction of sp³-hybridized carbons (Fsp3) is 0.455. The zero-order valence-electron chi connectivity index (χ0n) is 17.1. The molecule has 0 unspecified atom stereocenters. The summed E-state index contributed by atoms with van der Waals surface area (Å²) >= 11 is 0. The van der Waals surface area contributed by atoms with Crippen LogP contribution in [0, 0.1) is 12.8 Å². The van der Waals surface area contributed by atoms with Gasteiger partial charge in [-0.25, -0.2) is 12.7 Å². The SMILES string of the molecule is CCCCS(=O)(=O)N1CCC(C(=O)Nc2cc(-c3ccncc3)ccc2C)CC1. The van der Waals surface area contributed by atoms with E-state index in [1.165, 1.54) is 0 Å². The minimum Gasteiger partial charge on any atom is -0.326 e. The summed E-state index contributed by atoms with van der Waals surface area (Å²) in [6.07, 6.45) is 6.14. The maximum atomic E-state index is 12.8. The molecular formula is C22H29N3O3S. The molecular weight excluding hydrogens is 386 g/mol. The van der Waals surface area contributed by atoms with Crippen LogP contribution in [0.4, 0.5) is 5.69 Å². The molecule has 1 aliphatic heterocycles. The Morgan fingerprint density at radius 2 is 1.83 bits per heavy atom. The van der Waals surface area contributed by atoms with Crippen LogP contribution < -0.4 is 5.32 Å². The average Bonchev–Trinajstić information content (AvgIpc) is 2.74. The van der Waals surface area contributed by atoms with Crippen LogP contribution in [0.3, 0.4) is 0 Å². The Hall–Kier alpha value is -2.25. The van der Waals surface area contributed by atoms with Crippen molar-refractivity contribution in [2.45, 2.75) is 39.5 Å². The van der Waals surface area contributed by atoms with E-state index < -0.39 is 10.0 Å². The Balaban J connectivity index is 1.63. The molecule has 29 heavy (non-hydrogen) atoms. The van der Waals surface area contributed by atoms with Crippen molar-refractivity contribution in [1.29, 1.82) is 0 Å². The molecule has 1 aliphatic rings. The van der Waals surface area contributed by atoms with Gasteiger partial charge in [-0.1, -0.05) is 25.5 Å². The number of piperidine rings is 1. The highest BCUT2D eigenvalue weighted by Gasteiger charge is 2.30. The quantitative estimate of drug-likeness (QED) is 0.745. The van der Waals surface area contributed by atoms with Gasteiger partial charge in [0.2, 0.25) is 15.9 Å². The maximum Gasteiger partial charge on any atom is 0.227 e. The molecule has 0 saturated carbocycles. The number of hydrogen-bond acceptors (Lipinski definition) is 4. The summed E-state index contributed by atoms with van der Waals surface area (Å²) in [6.45, 7) is 4.78. The fourth-order valence-corrected chi connectivity index (χ4v) is 5.25. The van der Waals surface area contributed by atoms with Crippen LogP contribution in [0.15, 0.2) is 42.7 Å². The minimum absolute atomic E-state index is 0.0365. The molecule has 156 valence electrons. The first-order valence-electron chi connectivity index (χ1n) is 10.2. The van der Waals surface area contributed by atoms with Crippen LogP contribution >= 0.6 is 0 Å². The van der Waals surface area contributed by atoms with Gasteiger partial charge in [0.15, 0.2) is 0 Å². The number of nitrogens with one attached hydrogen (secondary N) is 1. The van der Waals surface area contributed by atoms with E-state index in [1.54, 1.807) is 16.7 Å². The Morgan fingerprint density at radius 3 is 2.48 bits per heavy atom. The van der Waals surface area contributed by atoms with Crippen LogP contribution in [0.25, 0.3) is 11.1 Å². The van der Waals surface area contributed by atoms with Gasteiger partial charge in [-0.2, -0.15) is 0 Å². The van der Waals surface area contributed by atoms with Crippen molar-refractivity contribution >= 4 is 21.6 Å². The lowest BCUT2D eigenvalue weighted by Gasteiger charge is -2.30. The van der Waals surface area contributed by atoms with E-state index in [0.717, 1.165) is 28.8 Å². The molecule has 1 fully saturated rings. The van der Waals surface area contributed by atoms with Crippen LogP contribution in [0.5, 0.6) is 0 Å². The molecule has 6 nitrogen and oxygen atoms in total. The van der Waals surface area contributed by atoms with Crippen molar-refractivity contribution in [1.82, 2.24) is 9.29 Å². The van der Waals surface area contributed by atoms with Gasteiger partial charge < -0.3 is 5.32 Å². The Morgan fingerprint density at radius 1 is 1.14 bits per heavy atom. The highest BCUT2D eigenvalue weighted by atomic mass is 32.2. The summed E-state index contributed by atoms with van der Waals surface area (Å²) in [5, 5.41) is 3.06. The van der Waals surface area contributed by atoms with E-state index in [1.807, 2.05) is 44.2 Å². The summed E-state index contributed by atoms with van der Waals surface area (Å²) in [5.41, 5.74) is 3.85. The number of unbranched alkanes of at least 4 members (excludes halogenated alkanes) is 1. The molecule has 3 rings (SSSR count). The average molecular weight is 416 g/mol. The number of sulfonamides is 1. The molecule has 1 N–H and O–H groups in total. The predicted octanol–water partition coefficient (Wildman–Crippen LogP) is 3.84. The molecule has 0 aliphatic carbocycles. The van der Waals surface area contributed by atoms with Gasteiger partial charge in [-0.15, -0.1) is 0 Å². The van der Waals surface area contributed by atoms with Crippen LogP contribution in [0.2, 0.25) is 0 Å². The lowest BCUT2D eigenvalue weighted by atomic mass is 9.96. The lowest BCUT2D eigenvalue weighted by Crippen LogP contribution is -2.42. The van der Waals surface area contributed by atoms with E-state index in [2.05, 4.69) is 10.3 Å². The maximum absolute atomic E-state index is 12.8. The topological polar surface area (TPSA) is 79.4 Å². The van der Waals surface area contributed by atoms with Gasteiger partial charge >= 0.3 is 0 Å². The fourth-order valence-electron chi connectivity index (χ4n) is 3.57. The molecule has 0 radical (unpaired) electrons. The normalized spacial score (nSPS) is 15.9. The molecule has 0 atom stereocenters. The highest BCUT2D eigenvalue weighted by Crippen LogP contribution is 2.27. The number of carbonyl (C=O) groups is 1. The molecule has 0 bridgehead atoms. The standard InChI is InChI=1S/C22H29N3O3S/c1-3-4-15-29(27,28)25-13-9-19(10-14-25)22(26)24-21-16-20(6-5-17(21)2)18-7-11-23-12-8-18/h5-8,11-12,16,19H,3-4,9-10,13-15H2,1-2H3,(H,24,26). The first-order valence-corrected chi connectivity index (χ1v) is 11.8. The number of benzene rings is 1. The van der Waals surface area contributed by atoms with Gasteiger partial charge in [0, 0.05) is 37.1 Å². The first-order chi connectivity index (χ1) is 13.9. The second-order valence-corrected chi connectivity index (χ2v) is 9.69. The number of pyridine rings is 1. The number of nitrogens with zero attached hydrogens (tertiary/aromatic N) is 2. The molecule has 2 aromatic rings. The van der Waals surface area contributed by atoms with Crippen molar-refractivity contribution in [2.24, 2.45) is 5.92 Å². The second-order valence-electron chi connectivity index (χ2n) is 7.60. The summed E-state index contributed by atoms with van der Waals surface area (Å²) in [4.78, 5) is 16.9. The van der Waals surface area contributed by atoms with Crippen molar-refractivity contribution in [2.75, 3.05) is 24.2 Å². The highest BCUT2D eigenvalue weighted by molar-refractivity contribution is 7.89. The smallest absolute Gasteiger partial charge is 0.227 e. The third-order valence-electron chi connectivity index (χ3n) is 5.48. The van der Waals surface area contributed by atoms with E-state index in [0.29, 0.717) is 32.4 Å². The van der Waals surface area contributed by atoms with E-state index in [-0.39, 0.29) is 17.6 Å². The molecule has 7 heteroatoms. The predicted molar refractivity (Wildman–Crippen MR) is 116 cm³/mol. The number of rotatable bonds is 7. The summed E-state index contributed by atoms with van der Waals surface area (Å²) in [5.74, 6) is -0.0105. The molecule has 1 amide bonds. The van der Waals surface area contributed by atoms with Gasteiger partial charge in [0.05, 0.1) is 5.75 Å². The minimum atomic E-state index is -3.20. The second kappa shape index (κ2) is 9.50. The van der Waals surface area contributed by atoms with Crippen LogP contribution in [0.1, 0.15) is 38.2 Å². The van der Waals surface area contributed by atoms with E-state index in [9.17, 15) is 13.2 Å². The third kappa shape index (κ3) is 5.42. The first kappa shape index (κ1) is 21.5. The monoisotopic (exact) mass is 415 g/mol. The number of aromatic nitrogens is 1. The Kier molecular flexibility index (Phi) is 7.03. The van der Waals surface area contributed by atoms with Gasteiger partial charge in [-0.3, -0.25) is 9.78 Å². The van der Waals surface area contributed by atoms with Gasteiger partial charge in [-0.05, 0) is 61.1 Å². The Labute approximate surface area is 173 Å². The van der Waals surface area contributed by atoms with Crippen molar-refractivity contribution in [3.05, 3.63) is 48.3 Å². The number of carbonyl (C=O) groups excluding carboxylic acids is 1. The zero-order valence-corrected chi connectivity index (χ0v) is 17.9. The molecule has 1 aromatic heterocycles. The van der Waals surface area contributed by atoms with Gasteiger partial charge in [0.1, 0.15) is 0 Å². The van der Waals surface area contributed by atoms with Crippen molar-refractivity contribution < 1.29 is 13.2 Å². The number of aryl methyl sites for hydroxylation is 1. The van der Waals surface area contributed by atoms with Crippen LogP contribution in [-0.2, 0) is 14.8 Å². The molecule has 2 heterocycles. The van der Waals surface area contributed by atoms with E-state index >= 15 is 0 Å². The molecule has 1 saturated heterocycles. The number of amides is 1. The van der Waals surface area contributed by atoms with Crippen molar-refractivity contribution in [3.63, 3.8) is 0 Å². The molecule has 1 aromatic carbocycles. The number of anilines is 1. The molecule has 0 spiro atoms. The lowest BCUT2D eigenvalue weighted by molar-refractivity contribution is -0.120. The summed E-state index contributed by atoms with van der Waals surface area (Å²) in [7, 11) is -3.20. The number of hydrogen-bond donors (Lipinski definition) is 1. The van der Waals surface area contributed by atoms with Gasteiger partial charge in [0.25, 0.3) is 0 Å². The Bertz CT molecular complexity index is 937. The summed E-state index contributed by atoms with van der Waals surface area (Å²) in [6, 6.07) is 9.87. The van der Waals surface area contributed by atoms with Crippen LogP contribution in [-0.4, -0.2) is 42.5 Å².